The highest BCUT2D eigenvalue weighted by molar-refractivity contribution is 7.10. The molecule has 1 aromatic heterocycles. The third-order valence-corrected chi connectivity index (χ3v) is 6.95. The summed E-state index contributed by atoms with van der Waals surface area (Å²) in [5.41, 5.74) is 0.698. The molecule has 2 aromatic rings. The quantitative estimate of drug-likeness (QED) is 0.752. The summed E-state index contributed by atoms with van der Waals surface area (Å²) in [7, 11) is 0. The lowest BCUT2D eigenvalue weighted by atomic mass is 10.2. The van der Waals surface area contributed by atoms with Crippen LogP contribution in [-0.4, -0.2) is 49.6 Å². The number of carbonyl (C=O) groups excluding carboxylic acids is 1. The van der Waals surface area contributed by atoms with Crippen molar-refractivity contribution in [3.63, 3.8) is 0 Å². The van der Waals surface area contributed by atoms with Crippen molar-refractivity contribution in [2.75, 3.05) is 38.2 Å². The van der Waals surface area contributed by atoms with Gasteiger partial charge in [0.25, 0.3) is 5.79 Å². The molecule has 2 amide bonds. The fourth-order valence-electron chi connectivity index (χ4n) is 4.43. The Labute approximate surface area is 180 Å². The van der Waals surface area contributed by atoms with E-state index >= 15 is 0 Å². The molecule has 8 heteroatoms. The first-order valence-electron chi connectivity index (χ1n) is 10.6. The van der Waals surface area contributed by atoms with Crippen LogP contribution in [0.4, 0.5) is 10.5 Å². The number of urea groups is 1. The maximum Gasteiger partial charge on any atom is 0.319 e. The monoisotopic (exact) mass is 429 g/mol. The van der Waals surface area contributed by atoms with Crippen LogP contribution in [0.3, 0.4) is 0 Å². The molecule has 1 atom stereocenters. The van der Waals surface area contributed by atoms with E-state index in [1.165, 1.54) is 4.88 Å². The molecule has 2 fully saturated rings. The minimum atomic E-state index is -0.491. The topological polar surface area (TPSA) is 72.1 Å². The zero-order chi connectivity index (χ0) is 20.4. The first-order chi connectivity index (χ1) is 14.7. The van der Waals surface area contributed by atoms with E-state index in [1.54, 1.807) is 11.3 Å². The standard InChI is InChI=1S/C22H27N3O4S/c26-21(23-15-17(20-4-3-13-30-20)25-9-11-27-12-10-25)24-16-5-6-18-19(14-16)29-22(28-18)7-1-2-8-22/h3-6,13-14,17H,1-2,7-12,15H2,(H2,23,24,26)/t17-/m0/s1. The van der Waals surface area contributed by atoms with E-state index in [-0.39, 0.29) is 12.1 Å². The summed E-state index contributed by atoms with van der Waals surface area (Å²) in [5, 5.41) is 8.04. The maximum absolute atomic E-state index is 12.6. The summed E-state index contributed by atoms with van der Waals surface area (Å²) in [4.78, 5) is 16.2. The number of benzene rings is 1. The molecule has 1 aliphatic carbocycles. The molecule has 160 valence electrons. The predicted octanol–water partition coefficient (Wildman–Crippen LogP) is 3.98. The van der Waals surface area contributed by atoms with Crippen LogP contribution in [0.2, 0.25) is 0 Å². The number of thiophene rings is 1. The van der Waals surface area contributed by atoms with Crippen molar-refractivity contribution >= 4 is 23.1 Å². The van der Waals surface area contributed by atoms with Crippen LogP contribution in [0, 0.1) is 0 Å². The van der Waals surface area contributed by atoms with Gasteiger partial charge in [0, 0.05) is 49.1 Å². The largest absolute Gasteiger partial charge is 0.448 e. The fourth-order valence-corrected chi connectivity index (χ4v) is 5.29. The van der Waals surface area contributed by atoms with Gasteiger partial charge >= 0.3 is 6.03 Å². The number of ether oxygens (including phenoxy) is 3. The highest BCUT2D eigenvalue weighted by atomic mass is 32.1. The number of anilines is 1. The molecule has 0 radical (unpaired) electrons. The van der Waals surface area contributed by atoms with Gasteiger partial charge in [-0.2, -0.15) is 0 Å². The molecule has 1 saturated carbocycles. The Bertz CT molecular complexity index is 877. The second kappa shape index (κ2) is 8.45. The van der Waals surface area contributed by atoms with Gasteiger partial charge < -0.3 is 24.8 Å². The molecule has 3 heterocycles. The van der Waals surface area contributed by atoms with Crippen molar-refractivity contribution < 1.29 is 19.0 Å². The zero-order valence-electron chi connectivity index (χ0n) is 16.9. The van der Waals surface area contributed by atoms with E-state index in [4.69, 9.17) is 14.2 Å². The van der Waals surface area contributed by atoms with Gasteiger partial charge in [-0.1, -0.05) is 6.07 Å². The van der Waals surface area contributed by atoms with E-state index in [2.05, 4.69) is 33.0 Å². The van der Waals surface area contributed by atoms with Crippen molar-refractivity contribution in [2.45, 2.75) is 37.5 Å². The Balaban J connectivity index is 1.20. The van der Waals surface area contributed by atoms with E-state index in [0.29, 0.717) is 18.0 Å². The molecule has 3 aliphatic rings. The lowest BCUT2D eigenvalue weighted by molar-refractivity contribution is -0.0716. The first-order valence-corrected chi connectivity index (χ1v) is 11.5. The number of nitrogens with zero attached hydrogens (tertiary/aromatic N) is 1. The molecule has 1 aromatic carbocycles. The summed E-state index contributed by atoms with van der Waals surface area (Å²) in [5.74, 6) is 0.974. The summed E-state index contributed by atoms with van der Waals surface area (Å²) < 4.78 is 17.6. The van der Waals surface area contributed by atoms with Gasteiger partial charge in [0.15, 0.2) is 11.5 Å². The van der Waals surface area contributed by atoms with E-state index < -0.39 is 5.79 Å². The molecule has 7 nitrogen and oxygen atoms in total. The average molecular weight is 430 g/mol. The predicted molar refractivity (Wildman–Crippen MR) is 115 cm³/mol. The van der Waals surface area contributed by atoms with Crippen molar-refractivity contribution in [3.8, 4) is 11.5 Å². The molecule has 5 rings (SSSR count). The zero-order valence-corrected chi connectivity index (χ0v) is 17.7. The Morgan fingerprint density at radius 2 is 1.93 bits per heavy atom. The molecule has 30 heavy (non-hydrogen) atoms. The normalized spacial score (nSPS) is 20.9. The van der Waals surface area contributed by atoms with Crippen LogP contribution in [-0.2, 0) is 4.74 Å². The summed E-state index contributed by atoms with van der Waals surface area (Å²) in [6.07, 6.45) is 4.07. The van der Waals surface area contributed by atoms with Crippen LogP contribution in [0.25, 0.3) is 0 Å². The number of carbonyl (C=O) groups is 1. The van der Waals surface area contributed by atoms with E-state index in [9.17, 15) is 4.79 Å². The Hall–Kier alpha value is -2.29. The van der Waals surface area contributed by atoms with Gasteiger partial charge in [-0.05, 0) is 36.4 Å². The molecule has 1 saturated heterocycles. The number of hydrogen-bond acceptors (Lipinski definition) is 6. The summed E-state index contributed by atoms with van der Waals surface area (Å²) in [6, 6.07) is 9.69. The first kappa shape index (κ1) is 19.7. The van der Waals surface area contributed by atoms with Crippen molar-refractivity contribution in [1.82, 2.24) is 10.2 Å². The fraction of sp³-hybridized carbons (Fsp3) is 0.500. The van der Waals surface area contributed by atoms with Gasteiger partial charge in [-0.15, -0.1) is 11.3 Å². The number of hydrogen-bond donors (Lipinski definition) is 2. The lowest BCUT2D eigenvalue weighted by Crippen LogP contribution is -2.44. The van der Waals surface area contributed by atoms with Crippen LogP contribution in [0.15, 0.2) is 35.7 Å². The van der Waals surface area contributed by atoms with Gasteiger partial charge in [-0.25, -0.2) is 4.79 Å². The minimum Gasteiger partial charge on any atom is -0.448 e. The molecular weight excluding hydrogens is 402 g/mol. The lowest BCUT2D eigenvalue weighted by Gasteiger charge is -2.34. The number of amides is 2. The van der Waals surface area contributed by atoms with Crippen LogP contribution in [0.5, 0.6) is 11.5 Å². The van der Waals surface area contributed by atoms with Crippen LogP contribution in [0.1, 0.15) is 36.6 Å². The Morgan fingerprint density at radius 1 is 1.13 bits per heavy atom. The van der Waals surface area contributed by atoms with E-state index in [1.807, 2.05) is 18.2 Å². The maximum atomic E-state index is 12.6. The highest BCUT2D eigenvalue weighted by Crippen LogP contribution is 2.47. The van der Waals surface area contributed by atoms with Crippen molar-refractivity contribution in [1.29, 1.82) is 0 Å². The van der Waals surface area contributed by atoms with Gasteiger partial charge in [0.2, 0.25) is 0 Å². The average Bonchev–Trinajstić information content (AvgIpc) is 3.51. The van der Waals surface area contributed by atoms with E-state index in [0.717, 1.165) is 57.7 Å². The molecule has 2 N–H and O–H groups in total. The molecular formula is C22H27N3O4S. The number of nitrogens with one attached hydrogen (secondary N) is 2. The molecule has 1 spiro atoms. The van der Waals surface area contributed by atoms with Gasteiger partial charge in [-0.3, -0.25) is 4.90 Å². The van der Waals surface area contributed by atoms with Gasteiger partial charge in [0.1, 0.15) is 0 Å². The Morgan fingerprint density at radius 3 is 2.70 bits per heavy atom. The Kier molecular flexibility index (Phi) is 5.54. The third-order valence-electron chi connectivity index (χ3n) is 5.97. The number of fused-ring (bicyclic) bond motifs is 1. The van der Waals surface area contributed by atoms with Crippen molar-refractivity contribution in [2.24, 2.45) is 0 Å². The SMILES string of the molecule is O=C(NC[C@@H](c1cccs1)N1CCOCC1)Nc1ccc2c(c1)OC1(CCCC1)O2. The molecule has 0 bridgehead atoms. The van der Waals surface area contributed by atoms with Crippen LogP contribution < -0.4 is 20.1 Å². The molecule has 2 aliphatic heterocycles. The number of morpholine rings is 1. The number of rotatable bonds is 5. The smallest absolute Gasteiger partial charge is 0.319 e. The summed E-state index contributed by atoms with van der Waals surface area (Å²) >= 11 is 1.72. The highest BCUT2D eigenvalue weighted by Gasteiger charge is 2.44. The summed E-state index contributed by atoms with van der Waals surface area (Å²) in [6.45, 7) is 3.74. The third kappa shape index (κ3) is 4.12. The second-order valence-corrected chi connectivity index (χ2v) is 8.98. The van der Waals surface area contributed by atoms with Crippen molar-refractivity contribution in [3.05, 3.63) is 40.6 Å². The van der Waals surface area contributed by atoms with Gasteiger partial charge in [0.05, 0.1) is 19.3 Å². The van der Waals surface area contributed by atoms with Crippen LogP contribution >= 0.6 is 11.3 Å². The second-order valence-electron chi connectivity index (χ2n) is 8.00. The minimum absolute atomic E-state index is 0.152. The molecule has 0 unspecified atom stereocenters.